The molecular formula is C25H22Br2N4S. The van der Waals surface area contributed by atoms with Crippen molar-refractivity contribution in [2.24, 2.45) is 11.0 Å². The summed E-state index contributed by atoms with van der Waals surface area (Å²) in [5.74, 6) is 0.241. The van der Waals surface area contributed by atoms with Crippen LogP contribution in [0.5, 0.6) is 0 Å². The summed E-state index contributed by atoms with van der Waals surface area (Å²) in [5, 5.41) is 9.57. The van der Waals surface area contributed by atoms with Gasteiger partial charge in [-0.05, 0) is 47.5 Å². The van der Waals surface area contributed by atoms with Crippen molar-refractivity contribution >= 4 is 64.3 Å². The first-order chi connectivity index (χ1) is 15.6. The fourth-order valence-corrected chi connectivity index (χ4v) is 5.50. The number of hydrazone groups is 1. The molecule has 3 atom stereocenters. The van der Waals surface area contributed by atoms with Gasteiger partial charge in [0.05, 0.1) is 10.2 Å². The van der Waals surface area contributed by atoms with E-state index in [1.54, 1.807) is 11.3 Å². The van der Waals surface area contributed by atoms with Crippen molar-refractivity contribution in [1.29, 1.82) is 0 Å². The van der Waals surface area contributed by atoms with Gasteiger partial charge in [0.1, 0.15) is 0 Å². The molecule has 3 unspecified atom stereocenters. The molecule has 0 saturated carbocycles. The normalized spacial score (nSPS) is 22.3. The van der Waals surface area contributed by atoms with E-state index in [1.807, 2.05) is 18.2 Å². The average molecular weight is 570 g/mol. The summed E-state index contributed by atoms with van der Waals surface area (Å²) in [7, 11) is 0. The second-order valence-electron chi connectivity index (χ2n) is 7.99. The van der Waals surface area contributed by atoms with Crippen LogP contribution in [0.1, 0.15) is 36.6 Å². The maximum Gasteiger partial charge on any atom is 0.204 e. The Morgan fingerprint density at radius 1 is 0.938 bits per heavy atom. The zero-order valence-corrected chi connectivity index (χ0v) is 21.4. The maximum atomic E-state index is 4.87. The molecule has 0 radical (unpaired) electrons. The molecule has 7 heteroatoms. The van der Waals surface area contributed by atoms with Crippen LogP contribution in [0, 0.1) is 5.92 Å². The summed E-state index contributed by atoms with van der Waals surface area (Å²) in [6.07, 6.45) is 0.841. The van der Waals surface area contributed by atoms with Crippen LogP contribution in [0.15, 0.2) is 86.8 Å². The molecule has 5 rings (SSSR count). The molecule has 4 nitrogen and oxygen atoms in total. The van der Waals surface area contributed by atoms with Crippen molar-refractivity contribution < 1.29 is 0 Å². The number of benzene rings is 3. The number of piperidine rings is 1. The number of aromatic nitrogens is 1. The number of nitrogens with one attached hydrogen (secondary N) is 2. The Morgan fingerprint density at radius 3 is 2.28 bits per heavy atom. The van der Waals surface area contributed by atoms with Gasteiger partial charge in [-0.15, -0.1) is 0 Å². The number of nitrogens with zero attached hydrogens (tertiary/aromatic N) is 2. The van der Waals surface area contributed by atoms with Crippen LogP contribution in [0.3, 0.4) is 0 Å². The van der Waals surface area contributed by atoms with Gasteiger partial charge in [-0.25, -0.2) is 4.98 Å². The van der Waals surface area contributed by atoms with E-state index in [0.717, 1.165) is 36.4 Å². The second-order valence-corrected chi connectivity index (χ2v) is 10.9. The minimum atomic E-state index is 0.168. The molecule has 2 heterocycles. The van der Waals surface area contributed by atoms with E-state index in [4.69, 9.17) is 5.10 Å². The molecule has 162 valence electrons. The number of hydrogen-bond acceptors (Lipinski definition) is 5. The van der Waals surface area contributed by atoms with E-state index in [2.05, 4.69) is 109 Å². The van der Waals surface area contributed by atoms with Crippen molar-refractivity contribution in [2.45, 2.75) is 25.4 Å². The molecule has 1 aliphatic rings. The number of halogens is 2. The topological polar surface area (TPSA) is 49.3 Å². The first-order valence-corrected chi connectivity index (χ1v) is 12.9. The number of thiazole rings is 1. The Balaban J connectivity index is 1.46. The van der Waals surface area contributed by atoms with Gasteiger partial charge < -0.3 is 5.32 Å². The third-order valence-corrected chi connectivity index (χ3v) is 7.91. The van der Waals surface area contributed by atoms with Gasteiger partial charge in [0, 0.05) is 39.1 Å². The molecule has 3 aromatic carbocycles. The molecule has 1 saturated heterocycles. The van der Waals surface area contributed by atoms with Crippen molar-refractivity contribution in [3.63, 3.8) is 0 Å². The lowest BCUT2D eigenvalue weighted by Gasteiger charge is -2.37. The molecule has 1 fully saturated rings. The Kier molecular flexibility index (Phi) is 6.42. The van der Waals surface area contributed by atoms with Crippen LogP contribution in [0.4, 0.5) is 5.13 Å². The summed E-state index contributed by atoms with van der Waals surface area (Å²) in [5.41, 5.74) is 7.91. The largest absolute Gasteiger partial charge is 0.302 e. The number of rotatable bonds is 4. The van der Waals surface area contributed by atoms with Gasteiger partial charge >= 0.3 is 0 Å². The van der Waals surface area contributed by atoms with Crippen molar-refractivity contribution in [3.05, 3.63) is 92.9 Å². The van der Waals surface area contributed by atoms with Gasteiger partial charge in [0.15, 0.2) is 0 Å². The molecule has 2 N–H and O–H groups in total. The zero-order chi connectivity index (χ0) is 22.1. The van der Waals surface area contributed by atoms with Gasteiger partial charge in [-0.3, -0.25) is 5.43 Å². The lowest BCUT2D eigenvalue weighted by Crippen LogP contribution is -2.41. The summed E-state index contributed by atoms with van der Waals surface area (Å²) in [4.78, 5) is 4.67. The van der Waals surface area contributed by atoms with Gasteiger partial charge in [-0.2, -0.15) is 5.10 Å². The molecule has 1 aliphatic heterocycles. The predicted molar refractivity (Wildman–Crippen MR) is 141 cm³/mol. The molecule has 0 bridgehead atoms. The highest BCUT2D eigenvalue weighted by Crippen LogP contribution is 2.36. The quantitative estimate of drug-likeness (QED) is 0.247. The smallest absolute Gasteiger partial charge is 0.204 e. The van der Waals surface area contributed by atoms with Crippen LogP contribution in [-0.2, 0) is 0 Å². The first kappa shape index (κ1) is 21.8. The highest BCUT2D eigenvalue weighted by Gasteiger charge is 2.33. The monoisotopic (exact) mass is 568 g/mol. The van der Waals surface area contributed by atoms with Crippen LogP contribution in [0.25, 0.3) is 10.2 Å². The summed E-state index contributed by atoms with van der Waals surface area (Å²) in [6.45, 7) is 2.25. The molecule has 0 spiro atoms. The number of fused-ring (bicyclic) bond motifs is 1. The fraction of sp³-hybridized carbons (Fsp3) is 0.200. The standard InChI is InChI=1S/C25H22Br2N4S/c1-15-21(30-31-25-29-20-4-2-3-5-23(20)32-25)14-22(16-6-10-18(26)11-7-16)28-24(15)17-8-12-19(27)13-9-17/h2-13,15,22,24,28H,14H2,1H3,(H,29,31)/b30-21+. The van der Waals surface area contributed by atoms with Crippen molar-refractivity contribution in [3.8, 4) is 0 Å². The van der Waals surface area contributed by atoms with E-state index in [9.17, 15) is 0 Å². The predicted octanol–water partition coefficient (Wildman–Crippen LogP) is 7.70. The second kappa shape index (κ2) is 9.43. The van der Waals surface area contributed by atoms with Gasteiger partial charge in [0.2, 0.25) is 5.13 Å². The zero-order valence-electron chi connectivity index (χ0n) is 17.4. The number of hydrogen-bond donors (Lipinski definition) is 2. The van der Waals surface area contributed by atoms with Crippen LogP contribution in [-0.4, -0.2) is 10.7 Å². The minimum absolute atomic E-state index is 0.168. The molecule has 0 amide bonds. The number of para-hydroxylation sites is 1. The van der Waals surface area contributed by atoms with Crippen molar-refractivity contribution in [1.82, 2.24) is 10.3 Å². The van der Waals surface area contributed by atoms with E-state index >= 15 is 0 Å². The molecule has 4 aromatic rings. The third-order valence-electron chi connectivity index (χ3n) is 5.91. The highest BCUT2D eigenvalue weighted by molar-refractivity contribution is 9.10. The lowest BCUT2D eigenvalue weighted by molar-refractivity contribution is 0.364. The summed E-state index contributed by atoms with van der Waals surface area (Å²) in [6, 6.07) is 25.6. The van der Waals surface area contributed by atoms with Crippen molar-refractivity contribution in [2.75, 3.05) is 5.43 Å². The fourth-order valence-electron chi connectivity index (χ4n) is 4.16. The first-order valence-electron chi connectivity index (χ1n) is 10.5. The SMILES string of the molecule is CC1/C(=N/Nc2nc3ccccc3s2)CC(c2ccc(Br)cc2)NC1c1ccc(Br)cc1. The Labute approximate surface area is 208 Å². The van der Waals surface area contributed by atoms with Crippen LogP contribution in [0.2, 0.25) is 0 Å². The molecule has 0 aliphatic carbocycles. The van der Waals surface area contributed by atoms with E-state index in [1.165, 1.54) is 11.1 Å². The maximum absolute atomic E-state index is 4.87. The van der Waals surface area contributed by atoms with Crippen LogP contribution >= 0.6 is 43.2 Å². The van der Waals surface area contributed by atoms with Crippen LogP contribution < -0.4 is 10.7 Å². The Hall–Kier alpha value is -2.06. The Bertz CT molecular complexity index is 1220. The summed E-state index contributed by atoms with van der Waals surface area (Å²) >= 11 is 8.73. The summed E-state index contributed by atoms with van der Waals surface area (Å²) < 4.78 is 3.33. The molecule has 1 aromatic heterocycles. The van der Waals surface area contributed by atoms with Gasteiger partial charge in [0.25, 0.3) is 0 Å². The number of anilines is 1. The third kappa shape index (κ3) is 4.66. The highest BCUT2D eigenvalue weighted by atomic mass is 79.9. The molecule has 32 heavy (non-hydrogen) atoms. The lowest BCUT2D eigenvalue weighted by atomic mass is 9.81. The van der Waals surface area contributed by atoms with E-state index < -0.39 is 0 Å². The Morgan fingerprint density at radius 2 is 1.59 bits per heavy atom. The molecular weight excluding hydrogens is 548 g/mol. The average Bonchev–Trinajstić information content (AvgIpc) is 3.23. The van der Waals surface area contributed by atoms with E-state index in [0.29, 0.717) is 0 Å². The van der Waals surface area contributed by atoms with Gasteiger partial charge in [-0.1, -0.05) is 86.5 Å². The minimum Gasteiger partial charge on any atom is -0.302 e. The van der Waals surface area contributed by atoms with E-state index in [-0.39, 0.29) is 18.0 Å².